The minimum Gasteiger partial charge on any atom is -0.483 e. The van der Waals surface area contributed by atoms with Crippen LogP contribution in [0, 0.1) is 6.92 Å². The van der Waals surface area contributed by atoms with Crippen LogP contribution in [0.25, 0.3) is 0 Å². The van der Waals surface area contributed by atoms with Gasteiger partial charge in [-0.25, -0.2) is 0 Å². The number of hydrogen-bond donors (Lipinski definition) is 2. The highest BCUT2D eigenvalue weighted by Crippen LogP contribution is 2.25. The molecule has 30 heavy (non-hydrogen) atoms. The molecule has 2 aromatic carbocycles. The summed E-state index contributed by atoms with van der Waals surface area (Å²) in [6, 6.07) is 15.4. The Morgan fingerprint density at radius 2 is 1.70 bits per heavy atom. The summed E-state index contributed by atoms with van der Waals surface area (Å²) in [7, 11) is 0. The van der Waals surface area contributed by atoms with Crippen molar-refractivity contribution in [3.63, 3.8) is 0 Å². The van der Waals surface area contributed by atoms with Gasteiger partial charge in [-0.15, -0.1) is 0 Å². The van der Waals surface area contributed by atoms with Crippen molar-refractivity contribution in [2.75, 3.05) is 13.2 Å². The normalized spacial score (nSPS) is 10.2. The van der Waals surface area contributed by atoms with E-state index in [2.05, 4.69) is 26.8 Å². The highest BCUT2D eigenvalue weighted by molar-refractivity contribution is 9.10. The fraction of sp³-hybridized carbons (Fsp3) is 0.318. The van der Waals surface area contributed by atoms with E-state index in [1.54, 1.807) is 6.07 Å². The molecule has 0 bridgehead atoms. The molecule has 0 saturated heterocycles. The number of carbonyl (C=O) groups is 3. The van der Waals surface area contributed by atoms with E-state index >= 15 is 0 Å². The van der Waals surface area contributed by atoms with Crippen molar-refractivity contribution in [1.82, 2.24) is 10.9 Å². The van der Waals surface area contributed by atoms with Gasteiger partial charge in [-0.1, -0.05) is 36.4 Å². The first-order valence-corrected chi connectivity index (χ1v) is 10.4. The second-order valence-electron chi connectivity index (χ2n) is 6.63. The summed E-state index contributed by atoms with van der Waals surface area (Å²) >= 11 is 3.36. The Kier molecular flexibility index (Phi) is 9.86. The zero-order chi connectivity index (χ0) is 21.8. The van der Waals surface area contributed by atoms with Crippen LogP contribution >= 0.6 is 15.9 Å². The van der Waals surface area contributed by atoms with E-state index in [1.807, 2.05) is 49.4 Å². The fourth-order valence-electron chi connectivity index (χ4n) is 2.50. The molecular formula is C22H25BrN2O5. The number of benzene rings is 2. The Hall–Kier alpha value is -2.87. The fourth-order valence-corrected chi connectivity index (χ4v) is 3.11. The summed E-state index contributed by atoms with van der Waals surface area (Å²) in [6.45, 7) is 1.99. The van der Waals surface area contributed by atoms with Crippen LogP contribution < -0.4 is 15.6 Å². The van der Waals surface area contributed by atoms with Crippen LogP contribution in [0.1, 0.15) is 30.4 Å². The van der Waals surface area contributed by atoms with Gasteiger partial charge in [-0.05, 0) is 59.0 Å². The average molecular weight is 477 g/mol. The van der Waals surface area contributed by atoms with Gasteiger partial charge in [0.2, 0.25) is 5.91 Å². The van der Waals surface area contributed by atoms with E-state index in [0.29, 0.717) is 12.4 Å². The Morgan fingerprint density at radius 1 is 0.967 bits per heavy atom. The maximum Gasteiger partial charge on any atom is 0.306 e. The van der Waals surface area contributed by atoms with Gasteiger partial charge in [0.15, 0.2) is 6.61 Å². The van der Waals surface area contributed by atoms with Crippen LogP contribution in [0.4, 0.5) is 0 Å². The smallest absolute Gasteiger partial charge is 0.306 e. The van der Waals surface area contributed by atoms with Crippen molar-refractivity contribution >= 4 is 33.7 Å². The molecule has 0 aromatic heterocycles. The lowest BCUT2D eigenvalue weighted by molar-refractivity contribution is -0.145. The van der Waals surface area contributed by atoms with Gasteiger partial charge >= 0.3 is 5.97 Å². The van der Waals surface area contributed by atoms with Gasteiger partial charge in [-0.2, -0.15) is 0 Å². The van der Waals surface area contributed by atoms with E-state index in [9.17, 15) is 14.4 Å². The third-order valence-electron chi connectivity index (χ3n) is 4.06. The van der Waals surface area contributed by atoms with Crippen molar-refractivity contribution in [3.8, 4) is 5.75 Å². The predicted molar refractivity (Wildman–Crippen MR) is 116 cm³/mol. The predicted octanol–water partition coefficient (Wildman–Crippen LogP) is 3.24. The standard InChI is InChI=1S/C22H25BrN2O5/c1-16-9-10-19(18(23)14-16)30-15-21(27)25-24-20(26)11-12-22(28)29-13-5-8-17-6-3-2-4-7-17/h2-4,6-7,9-10,14H,5,8,11-13,15H2,1H3,(H,24,26)(H,25,27). The minimum atomic E-state index is -0.515. The van der Waals surface area contributed by atoms with E-state index < -0.39 is 17.8 Å². The van der Waals surface area contributed by atoms with E-state index in [1.165, 1.54) is 5.56 Å². The number of halogens is 1. The second-order valence-corrected chi connectivity index (χ2v) is 7.48. The van der Waals surface area contributed by atoms with Gasteiger partial charge in [-0.3, -0.25) is 25.2 Å². The van der Waals surface area contributed by atoms with Crippen LogP contribution in [0.2, 0.25) is 0 Å². The topological polar surface area (TPSA) is 93.7 Å². The Morgan fingerprint density at radius 3 is 2.43 bits per heavy atom. The summed E-state index contributed by atoms with van der Waals surface area (Å²) in [5.41, 5.74) is 6.73. The number of esters is 1. The van der Waals surface area contributed by atoms with E-state index in [-0.39, 0.29) is 19.4 Å². The lowest BCUT2D eigenvalue weighted by Gasteiger charge is -2.10. The summed E-state index contributed by atoms with van der Waals surface area (Å²) in [5.74, 6) is -0.922. The molecule has 0 aliphatic heterocycles. The summed E-state index contributed by atoms with van der Waals surface area (Å²) < 4.78 is 11.2. The monoisotopic (exact) mass is 476 g/mol. The maximum absolute atomic E-state index is 11.8. The Balaban J connectivity index is 1.54. The zero-order valence-electron chi connectivity index (χ0n) is 16.8. The second kappa shape index (κ2) is 12.6. The summed E-state index contributed by atoms with van der Waals surface area (Å²) in [4.78, 5) is 35.2. The van der Waals surface area contributed by atoms with Gasteiger partial charge in [0.25, 0.3) is 5.91 Å². The van der Waals surface area contributed by atoms with E-state index in [4.69, 9.17) is 9.47 Å². The highest BCUT2D eigenvalue weighted by Gasteiger charge is 2.10. The van der Waals surface area contributed by atoms with E-state index in [0.717, 1.165) is 22.9 Å². The molecule has 0 aliphatic carbocycles. The van der Waals surface area contributed by atoms with Crippen LogP contribution in [0.5, 0.6) is 5.75 Å². The number of hydrazine groups is 1. The SMILES string of the molecule is Cc1ccc(OCC(=O)NNC(=O)CCC(=O)OCCCc2ccccc2)c(Br)c1. The largest absolute Gasteiger partial charge is 0.483 e. The third-order valence-corrected chi connectivity index (χ3v) is 4.68. The van der Waals surface area contributed by atoms with Crippen LogP contribution in [-0.4, -0.2) is 31.0 Å². The van der Waals surface area contributed by atoms with Crippen molar-refractivity contribution < 1.29 is 23.9 Å². The third kappa shape index (κ3) is 9.09. The lowest BCUT2D eigenvalue weighted by atomic mass is 10.1. The molecule has 8 heteroatoms. The van der Waals surface area contributed by atoms with Gasteiger partial charge in [0, 0.05) is 6.42 Å². The molecule has 2 N–H and O–H groups in total. The maximum atomic E-state index is 11.8. The first kappa shape index (κ1) is 23.4. The van der Waals surface area contributed by atoms with Crippen LogP contribution in [-0.2, 0) is 25.5 Å². The van der Waals surface area contributed by atoms with Crippen molar-refractivity contribution in [2.45, 2.75) is 32.6 Å². The average Bonchev–Trinajstić information content (AvgIpc) is 2.74. The minimum absolute atomic E-state index is 0.0557. The zero-order valence-corrected chi connectivity index (χ0v) is 18.4. The Labute approximate surface area is 184 Å². The van der Waals surface area contributed by atoms with Crippen LogP contribution in [0.3, 0.4) is 0 Å². The quantitative estimate of drug-likeness (QED) is 0.311. The van der Waals surface area contributed by atoms with Crippen molar-refractivity contribution in [3.05, 3.63) is 64.1 Å². The lowest BCUT2D eigenvalue weighted by Crippen LogP contribution is -2.43. The number of nitrogens with one attached hydrogen (secondary N) is 2. The molecule has 160 valence electrons. The number of amides is 2. The number of hydrogen-bond acceptors (Lipinski definition) is 5. The van der Waals surface area contributed by atoms with Gasteiger partial charge in [0.1, 0.15) is 5.75 Å². The van der Waals surface area contributed by atoms with Gasteiger partial charge in [0.05, 0.1) is 17.5 Å². The number of rotatable bonds is 10. The summed E-state index contributed by atoms with van der Waals surface area (Å²) in [5, 5.41) is 0. The van der Waals surface area contributed by atoms with Crippen molar-refractivity contribution in [1.29, 1.82) is 0 Å². The van der Waals surface area contributed by atoms with Gasteiger partial charge < -0.3 is 9.47 Å². The molecule has 0 fully saturated rings. The molecule has 0 spiro atoms. The number of ether oxygens (including phenoxy) is 2. The molecule has 2 aromatic rings. The molecule has 7 nitrogen and oxygen atoms in total. The molecule has 0 radical (unpaired) electrons. The molecule has 0 aliphatic rings. The number of carbonyl (C=O) groups excluding carboxylic acids is 3. The van der Waals surface area contributed by atoms with Crippen LogP contribution in [0.15, 0.2) is 53.0 Å². The first-order valence-electron chi connectivity index (χ1n) is 9.60. The summed E-state index contributed by atoms with van der Waals surface area (Å²) in [6.07, 6.45) is 1.40. The molecule has 0 heterocycles. The molecule has 0 saturated carbocycles. The first-order chi connectivity index (χ1) is 14.4. The number of aryl methyl sites for hydroxylation is 2. The Bertz CT molecular complexity index is 858. The molecule has 0 unspecified atom stereocenters. The molecule has 0 atom stereocenters. The molecular weight excluding hydrogens is 452 g/mol. The molecule has 2 amide bonds. The highest BCUT2D eigenvalue weighted by atomic mass is 79.9. The van der Waals surface area contributed by atoms with Crippen molar-refractivity contribution in [2.24, 2.45) is 0 Å². The molecule has 2 rings (SSSR count).